The van der Waals surface area contributed by atoms with Crippen LogP contribution >= 0.6 is 0 Å². The third kappa shape index (κ3) is 3.97. The molecule has 2 rings (SSSR count). The number of aliphatic carboxylic acids is 1. The van der Waals surface area contributed by atoms with E-state index in [9.17, 15) is 23.4 Å². The van der Waals surface area contributed by atoms with Gasteiger partial charge in [-0.3, -0.25) is 4.79 Å². The molecule has 0 amide bonds. The molecule has 0 aromatic heterocycles. The Balaban J connectivity index is 2.42. The zero-order valence-electron chi connectivity index (χ0n) is 12.6. The van der Waals surface area contributed by atoms with E-state index in [4.69, 9.17) is 0 Å². The van der Waals surface area contributed by atoms with E-state index in [2.05, 4.69) is 0 Å². The smallest absolute Gasteiger partial charge is 0.311 e. The average molecular weight is 334 g/mol. The number of hydrogen-bond acceptors (Lipinski definition) is 4. The second kappa shape index (κ2) is 6.93. The van der Waals surface area contributed by atoms with Crippen molar-refractivity contribution < 1.29 is 23.4 Å². The van der Waals surface area contributed by atoms with Crippen molar-refractivity contribution in [3.05, 3.63) is 65.7 Å². The van der Waals surface area contributed by atoms with Crippen LogP contribution in [0.3, 0.4) is 0 Å². The van der Waals surface area contributed by atoms with E-state index in [-0.39, 0.29) is 11.5 Å². The van der Waals surface area contributed by atoms with Gasteiger partial charge in [0, 0.05) is 12.2 Å². The van der Waals surface area contributed by atoms with E-state index in [1.807, 2.05) is 0 Å². The summed E-state index contributed by atoms with van der Waals surface area (Å²) in [5, 5.41) is 19.3. The van der Waals surface area contributed by atoms with Crippen LogP contribution in [-0.4, -0.2) is 37.5 Å². The summed E-state index contributed by atoms with van der Waals surface area (Å²) in [6.45, 7) is -0.357. The summed E-state index contributed by atoms with van der Waals surface area (Å²) in [6, 6.07) is 14.6. The van der Waals surface area contributed by atoms with Gasteiger partial charge in [0.05, 0.1) is 17.4 Å². The van der Waals surface area contributed by atoms with Crippen molar-refractivity contribution in [2.45, 2.75) is 16.7 Å². The van der Waals surface area contributed by atoms with Crippen molar-refractivity contribution in [1.82, 2.24) is 0 Å². The zero-order valence-corrected chi connectivity index (χ0v) is 13.4. The van der Waals surface area contributed by atoms with E-state index < -0.39 is 27.6 Å². The molecule has 0 aliphatic rings. The van der Waals surface area contributed by atoms with Crippen LogP contribution in [0.5, 0.6) is 0 Å². The first-order valence-electron chi connectivity index (χ1n) is 7.03. The minimum atomic E-state index is -3.32. The maximum atomic E-state index is 11.7. The maximum Gasteiger partial charge on any atom is 0.311 e. The van der Waals surface area contributed by atoms with Gasteiger partial charge in [-0.2, -0.15) is 0 Å². The molecule has 0 radical (unpaired) electrons. The molecule has 5 nitrogen and oxygen atoms in total. The molecule has 2 aromatic carbocycles. The Morgan fingerprint density at radius 3 is 2.00 bits per heavy atom. The molecule has 0 aliphatic carbocycles. The van der Waals surface area contributed by atoms with Crippen LogP contribution in [0.25, 0.3) is 0 Å². The van der Waals surface area contributed by atoms with E-state index in [0.717, 1.165) is 6.26 Å². The second-order valence-electron chi connectivity index (χ2n) is 5.36. The SMILES string of the molecule is CS(=O)(=O)c1ccc([C@H](CO)[C@H](C(=O)O)c2ccccc2)cc1. The predicted molar refractivity (Wildman–Crippen MR) is 86.2 cm³/mol. The van der Waals surface area contributed by atoms with Crippen LogP contribution in [0.4, 0.5) is 0 Å². The molecule has 2 N–H and O–H groups in total. The minimum absolute atomic E-state index is 0.157. The molecule has 122 valence electrons. The van der Waals surface area contributed by atoms with Crippen molar-refractivity contribution >= 4 is 15.8 Å². The number of hydrogen-bond donors (Lipinski definition) is 2. The van der Waals surface area contributed by atoms with Crippen LogP contribution in [0.15, 0.2) is 59.5 Å². The van der Waals surface area contributed by atoms with Crippen molar-refractivity contribution in [3.63, 3.8) is 0 Å². The summed E-state index contributed by atoms with van der Waals surface area (Å²) in [4.78, 5) is 11.8. The standard InChI is InChI=1S/C17H18O5S/c1-23(21,22)14-9-7-12(8-10-14)15(11-18)16(17(19)20)13-5-3-2-4-6-13/h2-10,15-16,18H,11H2,1H3,(H,19,20)/t15-,16+/m0/s1. The minimum Gasteiger partial charge on any atom is -0.481 e. The molecule has 0 unspecified atom stereocenters. The molecule has 23 heavy (non-hydrogen) atoms. The van der Waals surface area contributed by atoms with Crippen LogP contribution < -0.4 is 0 Å². The molecule has 2 atom stereocenters. The lowest BCUT2D eigenvalue weighted by Gasteiger charge is -2.23. The average Bonchev–Trinajstić information content (AvgIpc) is 2.52. The van der Waals surface area contributed by atoms with Gasteiger partial charge in [0.25, 0.3) is 0 Å². The number of carboxylic acids is 1. The van der Waals surface area contributed by atoms with Crippen LogP contribution in [0.2, 0.25) is 0 Å². The molecular weight excluding hydrogens is 316 g/mol. The van der Waals surface area contributed by atoms with Crippen molar-refractivity contribution in [3.8, 4) is 0 Å². The summed E-state index contributed by atoms with van der Waals surface area (Å²) in [7, 11) is -3.32. The Morgan fingerprint density at radius 1 is 1.00 bits per heavy atom. The Bertz CT molecular complexity index is 766. The highest BCUT2D eigenvalue weighted by molar-refractivity contribution is 7.90. The van der Waals surface area contributed by atoms with Gasteiger partial charge in [-0.25, -0.2) is 8.42 Å². The number of carboxylic acid groups (broad SMARTS) is 1. The summed E-state index contributed by atoms with van der Waals surface area (Å²) in [5.74, 6) is -2.61. The van der Waals surface area contributed by atoms with Gasteiger partial charge in [0.1, 0.15) is 0 Å². The Morgan fingerprint density at radius 2 is 1.57 bits per heavy atom. The van der Waals surface area contributed by atoms with E-state index in [1.165, 1.54) is 12.1 Å². The van der Waals surface area contributed by atoms with E-state index in [0.29, 0.717) is 11.1 Å². The maximum absolute atomic E-state index is 11.7. The molecule has 2 aromatic rings. The van der Waals surface area contributed by atoms with Gasteiger partial charge in [0.15, 0.2) is 9.84 Å². The summed E-state index contributed by atoms with van der Waals surface area (Å²) >= 11 is 0. The van der Waals surface area contributed by atoms with Crippen molar-refractivity contribution in [1.29, 1.82) is 0 Å². The fraction of sp³-hybridized carbons (Fsp3) is 0.235. The topological polar surface area (TPSA) is 91.7 Å². The van der Waals surface area contributed by atoms with Crippen molar-refractivity contribution in [2.75, 3.05) is 12.9 Å². The molecule has 0 bridgehead atoms. The summed E-state index contributed by atoms with van der Waals surface area (Å²) in [6.07, 6.45) is 1.11. The number of carbonyl (C=O) groups is 1. The van der Waals surface area contributed by atoms with Gasteiger partial charge >= 0.3 is 5.97 Å². The van der Waals surface area contributed by atoms with Crippen LogP contribution in [-0.2, 0) is 14.6 Å². The first-order valence-corrected chi connectivity index (χ1v) is 8.92. The summed E-state index contributed by atoms with van der Waals surface area (Å²) in [5.41, 5.74) is 1.17. The lowest BCUT2D eigenvalue weighted by molar-refractivity contribution is -0.139. The lowest BCUT2D eigenvalue weighted by Crippen LogP contribution is -2.23. The molecular formula is C17H18O5S. The first-order chi connectivity index (χ1) is 10.8. The number of sulfone groups is 1. The molecule has 0 saturated carbocycles. The van der Waals surface area contributed by atoms with Gasteiger partial charge < -0.3 is 10.2 Å². The molecule has 0 spiro atoms. The van der Waals surface area contributed by atoms with Gasteiger partial charge in [0.2, 0.25) is 0 Å². The first kappa shape index (κ1) is 17.2. The van der Waals surface area contributed by atoms with Gasteiger partial charge in [-0.15, -0.1) is 0 Å². The van der Waals surface area contributed by atoms with E-state index in [1.54, 1.807) is 42.5 Å². The molecule has 0 saturated heterocycles. The fourth-order valence-electron chi connectivity index (χ4n) is 2.57. The van der Waals surface area contributed by atoms with Gasteiger partial charge in [-0.05, 0) is 23.3 Å². The van der Waals surface area contributed by atoms with Crippen molar-refractivity contribution in [2.24, 2.45) is 0 Å². The third-order valence-electron chi connectivity index (χ3n) is 3.76. The lowest BCUT2D eigenvalue weighted by atomic mass is 9.82. The fourth-order valence-corrected chi connectivity index (χ4v) is 3.20. The third-order valence-corrected chi connectivity index (χ3v) is 4.89. The highest BCUT2D eigenvalue weighted by Gasteiger charge is 2.30. The quantitative estimate of drug-likeness (QED) is 0.843. The Hall–Kier alpha value is -2.18. The Kier molecular flexibility index (Phi) is 5.18. The monoisotopic (exact) mass is 334 g/mol. The van der Waals surface area contributed by atoms with Crippen LogP contribution in [0, 0.1) is 0 Å². The largest absolute Gasteiger partial charge is 0.481 e. The number of rotatable bonds is 6. The highest BCUT2D eigenvalue weighted by atomic mass is 32.2. The molecule has 0 fully saturated rings. The Labute approximate surface area is 135 Å². The number of benzene rings is 2. The van der Waals surface area contributed by atoms with Gasteiger partial charge in [-0.1, -0.05) is 42.5 Å². The summed E-state index contributed by atoms with van der Waals surface area (Å²) < 4.78 is 23.0. The predicted octanol–water partition coefficient (Wildman–Crippen LogP) is 2.03. The molecule has 0 aliphatic heterocycles. The molecule has 0 heterocycles. The normalized spacial score (nSPS) is 14.2. The second-order valence-corrected chi connectivity index (χ2v) is 7.37. The zero-order chi connectivity index (χ0) is 17.0. The van der Waals surface area contributed by atoms with Crippen LogP contribution in [0.1, 0.15) is 23.0 Å². The molecule has 6 heteroatoms. The number of aliphatic hydroxyl groups is 1. The number of aliphatic hydroxyl groups excluding tert-OH is 1. The highest BCUT2D eigenvalue weighted by Crippen LogP contribution is 2.33. The van der Waals surface area contributed by atoms with E-state index >= 15 is 0 Å².